The third-order valence-electron chi connectivity index (χ3n) is 4.80. The number of hydrogen-bond donors (Lipinski definition) is 2. The third kappa shape index (κ3) is 4.87. The van der Waals surface area contributed by atoms with Crippen LogP contribution in [-0.2, 0) is 6.42 Å². The van der Waals surface area contributed by atoms with Gasteiger partial charge in [-0.05, 0) is 41.8 Å². The van der Waals surface area contributed by atoms with Gasteiger partial charge in [0.15, 0.2) is 11.5 Å². The molecule has 0 spiro atoms. The molecule has 0 aliphatic rings. The minimum atomic E-state index is -1.10. The van der Waals surface area contributed by atoms with Crippen LogP contribution in [0.4, 0.5) is 10.5 Å². The maximum atomic E-state index is 11.2. The highest BCUT2D eigenvalue weighted by molar-refractivity contribution is 5.91. The SMILES string of the molecule is O=Cc1ccc2nc(CC/C=C/c3ccc(-c4ccccc4)c(NC(=O)O)c3)oc2c1. The van der Waals surface area contributed by atoms with Crippen LogP contribution in [0.15, 0.2) is 77.2 Å². The van der Waals surface area contributed by atoms with Gasteiger partial charge < -0.3 is 9.52 Å². The van der Waals surface area contributed by atoms with Crippen molar-refractivity contribution >= 4 is 35.2 Å². The maximum absolute atomic E-state index is 11.2. The highest BCUT2D eigenvalue weighted by Gasteiger charge is 2.09. The van der Waals surface area contributed by atoms with E-state index in [1.165, 1.54) is 0 Å². The molecule has 0 saturated heterocycles. The summed E-state index contributed by atoms with van der Waals surface area (Å²) in [6, 6.07) is 20.5. The number of oxazole rings is 1. The van der Waals surface area contributed by atoms with E-state index in [0.717, 1.165) is 28.5 Å². The van der Waals surface area contributed by atoms with Crippen LogP contribution in [0.25, 0.3) is 28.3 Å². The second-order valence-electron chi connectivity index (χ2n) is 6.99. The van der Waals surface area contributed by atoms with Crippen molar-refractivity contribution in [1.29, 1.82) is 0 Å². The van der Waals surface area contributed by atoms with Gasteiger partial charge in [-0.3, -0.25) is 10.1 Å². The van der Waals surface area contributed by atoms with Crippen LogP contribution >= 0.6 is 0 Å². The number of aldehydes is 1. The summed E-state index contributed by atoms with van der Waals surface area (Å²) in [5, 5.41) is 11.7. The second-order valence-corrected chi connectivity index (χ2v) is 6.99. The first kappa shape index (κ1) is 20.1. The fourth-order valence-corrected chi connectivity index (χ4v) is 3.35. The fraction of sp³-hybridized carbons (Fsp3) is 0.0800. The number of carbonyl (C=O) groups is 2. The zero-order valence-corrected chi connectivity index (χ0v) is 16.6. The molecule has 0 fully saturated rings. The average Bonchev–Trinajstić information content (AvgIpc) is 3.19. The zero-order valence-electron chi connectivity index (χ0n) is 16.6. The molecule has 31 heavy (non-hydrogen) atoms. The van der Waals surface area contributed by atoms with Gasteiger partial charge in [-0.15, -0.1) is 0 Å². The Morgan fingerprint density at radius 2 is 1.84 bits per heavy atom. The van der Waals surface area contributed by atoms with Gasteiger partial charge in [0.25, 0.3) is 0 Å². The lowest BCUT2D eigenvalue weighted by Crippen LogP contribution is -2.08. The fourth-order valence-electron chi connectivity index (χ4n) is 3.35. The first-order valence-corrected chi connectivity index (χ1v) is 9.83. The van der Waals surface area contributed by atoms with Gasteiger partial charge in [-0.2, -0.15) is 0 Å². The number of hydrogen-bond acceptors (Lipinski definition) is 4. The molecule has 1 amide bonds. The van der Waals surface area contributed by atoms with Gasteiger partial charge >= 0.3 is 6.09 Å². The van der Waals surface area contributed by atoms with Crippen LogP contribution < -0.4 is 5.32 Å². The molecule has 4 rings (SSSR count). The van der Waals surface area contributed by atoms with E-state index in [1.807, 2.05) is 60.7 Å². The number of amides is 1. The number of rotatable bonds is 7. The van der Waals surface area contributed by atoms with Gasteiger partial charge in [-0.1, -0.05) is 54.6 Å². The van der Waals surface area contributed by atoms with E-state index in [0.29, 0.717) is 35.6 Å². The monoisotopic (exact) mass is 412 g/mol. The molecular weight excluding hydrogens is 392 g/mol. The Labute approximate surface area is 178 Å². The van der Waals surface area contributed by atoms with Crippen LogP contribution in [0.2, 0.25) is 0 Å². The third-order valence-corrected chi connectivity index (χ3v) is 4.80. The number of nitrogens with one attached hydrogen (secondary N) is 1. The lowest BCUT2D eigenvalue weighted by molar-refractivity contribution is 0.112. The van der Waals surface area contributed by atoms with Crippen LogP contribution in [0.3, 0.4) is 0 Å². The topological polar surface area (TPSA) is 92.4 Å². The summed E-state index contributed by atoms with van der Waals surface area (Å²) in [6.45, 7) is 0. The number of anilines is 1. The van der Waals surface area contributed by atoms with Gasteiger partial charge in [0.1, 0.15) is 11.8 Å². The predicted molar refractivity (Wildman–Crippen MR) is 120 cm³/mol. The van der Waals surface area contributed by atoms with Crippen molar-refractivity contribution in [3.63, 3.8) is 0 Å². The largest absolute Gasteiger partial charge is 0.465 e. The second kappa shape index (κ2) is 9.09. The molecular formula is C25H20N2O4. The van der Waals surface area contributed by atoms with Crippen molar-refractivity contribution < 1.29 is 19.1 Å². The minimum Gasteiger partial charge on any atom is -0.465 e. The lowest BCUT2D eigenvalue weighted by Gasteiger charge is -2.10. The van der Waals surface area contributed by atoms with Gasteiger partial charge in [0.2, 0.25) is 0 Å². The number of carbonyl (C=O) groups excluding carboxylic acids is 1. The lowest BCUT2D eigenvalue weighted by atomic mass is 10.0. The summed E-state index contributed by atoms with van der Waals surface area (Å²) >= 11 is 0. The number of aryl methyl sites for hydroxylation is 1. The summed E-state index contributed by atoms with van der Waals surface area (Å²) in [6.07, 6.45) is 4.93. The molecule has 6 heteroatoms. The van der Waals surface area contributed by atoms with Crippen molar-refractivity contribution in [2.24, 2.45) is 0 Å². The highest BCUT2D eigenvalue weighted by atomic mass is 16.4. The normalized spacial score (nSPS) is 11.1. The van der Waals surface area contributed by atoms with Crippen LogP contribution in [0.5, 0.6) is 0 Å². The van der Waals surface area contributed by atoms with Crippen LogP contribution in [-0.4, -0.2) is 22.5 Å². The Morgan fingerprint density at radius 3 is 2.61 bits per heavy atom. The number of allylic oxidation sites excluding steroid dienone is 1. The molecule has 0 saturated carbocycles. The molecule has 0 bridgehead atoms. The first-order chi connectivity index (χ1) is 15.1. The van der Waals surface area contributed by atoms with Crippen LogP contribution in [0, 0.1) is 0 Å². The highest BCUT2D eigenvalue weighted by Crippen LogP contribution is 2.29. The summed E-state index contributed by atoms with van der Waals surface area (Å²) in [4.78, 5) is 26.5. The summed E-state index contributed by atoms with van der Waals surface area (Å²) < 4.78 is 5.71. The van der Waals surface area contributed by atoms with Crippen molar-refractivity contribution in [1.82, 2.24) is 4.98 Å². The Balaban J connectivity index is 1.47. The van der Waals surface area contributed by atoms with Crippen LogP contribution in [0.1, 0.15) is 28.2 Å². The van der Waals surface area contributed by atoms with Crippen molar-refractivity contribution in [3.05, 3.63) is 89.8 Å². The van der Waals surface area contributed by atoms with Gasteiger partial charge in [0.05, 0.1) is 5.69 Å². The molecule has 1 heterocycles. The molecule has 3 aromatic carbocycles. The number of aromatic nitrogens is 1. The number of carboxylic acid groups (broad SMARTS) is 1. The maximum Gasteiger partial charge on any atom is 0.409 e. The molecule has 6 nitrogen and oxygen atoms in total. The van der Waals surface area contributed by atoms with Gasteiger partial charge in [-0.25, -0.2) is 9.78 Å². The number of nitrogens with zero attached hydrogens (tertiary/aromatic N) is 1. The summed E-state index contributed by atoms with van der Waals surface area (Å²) in [7, 11) is 0. The quantitative estimate of drug-likeness (QED) is 0.361. The molecule has 0 atom stereocenters. The van der Waals surface area contributed by atoms with E-state index >= 15 is 0 Å². The van der Waals surface area contributed by atoms with Crippen molar-refractivity contribution in [2.75, 3.05) is 5.32 Å². The van der Waals surface area contributed by atoms with E-state index in [9.17, 15) is 14.7 Å². The molecule has 2 N–H and O–H groups in total. The first-order valence-electron chi connectivity index (χ1n) is 9.83. The Morgan fingerprint density at radius 1 is 1.03 bits per heavy atom. The Kier molecular flexibility index (Phi) is 5.89. The molecule has 4 aromatic rings. The van der Waals surface area contributed by atoms with E-state index in [-0.39, 0.29) is 0 Å². The van der Waals surface area contributed by atoms with Gasteiger partial charge in [0, 0.05) is 17.5 Å². The molecule has 154 valence electrons. The molecule has 0 aliphatic heterocycles. The predicted octanol–water partition coefficient (Wildman–Crippen LogP) is 6.04. The summed E-state index contributed by atoms with van der Waals surface area (Å²) in [5.41, 5.74) is 5.06. The Hall–Kier alpha value is -4.19. The molecule has 0 unspecified atom stereocenters. The zero-order chi connectivity index (χ0) is 21.6. The minimum absolute atomic E-state index is 0.533. The van der Waals surface area contributed by atoms with E-state index in [4.69, 9.17) is 4.42 Å². The van der Waals surface area contributed by atoms with Crippen molar-refractivity contribution in [2.45, 2.75) is 12.8 Å². The Bertz CT molecular complexity index is 1260. The molecule has 0 aliphatic carbocycles. The van der Waals surface area contributed by atoms with E-state index in [2.05, 4.69) is 10.3 Å². The van der Waals surface area contributed by atoms with E-state index in [1.54, 1.807) is 18.2 Å². The average molecular weight is 412 g/mol. The summed E-state index contributed by atoms with van der Waals surface area (Å²) in [5.74, 6) is 0.607. The standard InChI is InChI=1S/C25H20N2O4/c28-16-18-11-13-21-23(15-18)31-24(26-21)9-5-4-6-17-10-12-20(19-7-2-1-3-8-19)22(14-17)27-25(29)30/h1-4,6-8,10-16,27H,5,9H2,(H,29,30)/b6-4+. The van der Waals surface area contributed by atoms with E-state index < -0.39 is 6.09 Å². The molecule has 1 aromatic heterocycles. The molecule has 0 radical (unpaired) electrons. The smallest absolute Gasteiger partial charge is 0.409 e. The number of benzene rings is 3. The number of fused-ring (bicyclic) bond motifs is 1. The van der Waals surface area contributed by atoms with Crippen molar-refractivity contribution in [3.8, 4) is 11.1 Å².